The molecular formula is C23H33ClN6O3S. The third-order valence-corrected chi connectivity index (χ3v) is 8.78. The van der Waals surface area contributed by atoms with Gasteiger partial charge in [-0.3, -0.25) is 14.4 Å². The molecule has 0 bridgehead atoms. The van der Waals surface area contributed by atoms with Gasteiger partial charge in [0, 0.05) is 71.1 Å². The van der Waals surface area contributed by atoms with Crippen molar-refractivity contribution in [2.45, 2.75) is 38.4 Å². The molecule has 2 saturated heterocycles. The molecular weight excluding hydrogens is 476 g/mol. The van der Waals surface area contributed by atoms with E-state index in [2.05, 4.69) is 28.7 Å². The van der Waals surface area contributed by atoms with Gasteiger partial charge in [0.25, 0.3) is 15.9 Å². The third-order valence-electron chi connectivity index (χ3n) is 6.63. The Bertz CT molecular complexity index is 1120. The number of anilines is 1. The van der Waals surface area contributed by atoms with Crippen molar-refractivity contribution in [2.75, 3.05) is 57.3 Å². The third kappa shape index (κ3) is 4.95. The second kappa shape index (κ2) is 10.2. The number of halogens is 1. The number of amides is 1. The molecule has 2 aliphatic rings. The topological polar surface area (TPSA) is 82.0 Å². The number of benzene rings is 1. The molecule has 2 aliphatic heterocycles. The summed E-state index contributed by atoms with van der Waals surface area (Å²) in [5.74, 6) is -0.267. The van der Waals surface area contributed by atoms with E-state index >= 15 is 0 Å². The first-order valence-electron chi connectivity index (χ1n) is 11.8. The molecule has 34 heavy (non-hydrogen) atoms. The number of carbonyl (C=O) groups is 1. The highest BCUT2D eigenvalue weighted by molar-refractivity contribution is 7.89. The first-order valence-corrected chi connectivity index (χ1v) is 13.6. The van der Waals surface area contributed by atoms with Crippen LogP contribution in [0.15, 0.2) is 35.5 Å². The summed E-state index contributed by atoms with van der Waals surface area (Å²) in [7, 11) is -3.92. The number of nitrogens with zero attached hydrogens (tertiary/aromatic N) is 6. The molecule has 1 aromatic carbocycles. The minimum absolute atomic E-state index is 0.142. The van der Waals surface area contributed by atoms with E-state index in [1.807, 2.05) is 31.2 Å². The standard InChI is InChI=1S/C23H33ClN6O3S/c1-4-29-17-19(23(31)28-11-9-26(10-12-28)18(2)3)22(25-29)34(32,33)30-15-13-27(14-16-30)21-8-6-5-7-20(21)24/h5-8,17-18H,4,9-16H2,1-3H3. The van der Waals surface area contributed by atoms with Gasteiger partial charge in [-0.1, -0.05) is 23.7 Å². The summed E-state index contributed by atoms with van der Waals surface area (Å²) in [5.41, 5.74) is 1.06. The molecule has 2 fully saturated rings. The minimum Gasteiger partial charge on any atom is -0.368 e. The molecule has 0 spiro atoms. The van der Waals surface area contributed by atoms with Crippen molar-refractivity contribution in [1.82, 2.24) is 23.9 Å². The van der Waals surface area contributed by atoms with E-state index in [1.54, 1.807) is 11.1 Å². The van der Waals surface area contributed by atoms with Crippen molar-refractivity contribution in [3.63, 3.8) is 0 Å². The van der Waals surface area contributed by atoms with E-state index < -0.39 is 10.0 Å². The van der Waals surface area contributed by atoms with Crippen LogP contribution < -0.4 is 4.90 Å². The summed E-state index contributed by atoms with van der Waals surface area (Å²) in [6.45, 7) is 11.0. The molecule has 9 nitrogen and oxygen atoms in total. The van der Waals surface area contributed by atoms with Gasteiger partial charge in [-0.05, 0) is 32.9 Å². The van der Waals surface area contributed by atoms with Crippen LogP contribution in [0.5, 0.6) is 0 Å². The number of carbonyl (C=O) groups excluding carboxylic acids is 1. The maximum absolute atomic E-state index is 13.6. The summed E-state index contributed by atoms with van der Waals surface area (Å²) >= 11 is 6.32. The molecule has 0 saturated carbocycles. The van der Waals surface area contributed by atoms with Crippen LogP contribution >= 0.6 is 11.6 Å². The molecule has 186 valence electrons. The predicted molar refractivity (Wildman–Crippen MR) is 133 cm³/mol. The van der Waals surface area contributed by atoms with Crippen LogP contribution in [0, 0.1) is 0 Å². The fourth-order valence-corrected chi connectivity index (χ4v) is 6.28. The van der Waals surface area contributed by atoms with E-state index in [9.17, 15) is 13.2 Å². The van der Waals surface area contributed by atoms with Crippen molar-refractivity contribution in [1.29, 1.82) is 0 Å². The van der Waals surface area contributed by atoms with Crippen LogP contribution in [0.1, 0.15) is 31.1 Å². The largest absolute Gasteiger partial charge is 0.368 e. The van der Waals surface area contributed by atoms with E-state index in [0.29, 0.717) is 56.9 Å². The first kappa shape index (κ1) is 25.0. The summed E-state index contributed by atoms with van der Waals surface area (Å²) in [5, 5.41) is 4.82. The van der Waals surface area contributed by atoms with Gasteiger partial charge in [0.15, 0.2) is 0 Å². The van der Waals surface area contributed by atoms with Crippen LogP contribution in [0.25, 0.3) is 0 Å². The lowest BCUT2D eigenvalue weighted by molar-refractivity contribution is 0.0591. The molecule has 1 aromatic heterocycles. The zero-order chi connectivity index (χ0) is 24.5. The number of aromatic nitrogens is 2. The molecule has 0 aliphatic carbocycles. The SMILES string of the molecule is CCn1cc(C(=O)N2CCN(C(C)C)CC2)c(S(=O)(=O)N2CCN(c3ccccc3Cl)CC2)n1. The minimum atomic E-state index is -3.92. The van der Waals surface area contributed by atoms with Gasteiger partial charge in [0.2, 0.25) is 5.03 Å². The highest BCUT2D eigenvalue weighted by Gasteiger charge is 2.36. The summed E-state index contributed by atoms with van der Waals surface area (Å²) in [6, 6.07) is 7.97. The first-order chi connectivity index (χ1) is 16.2. The zero-order valence-corrected chi connectivity index (χ0v) is 21.6. The van der Waals surface area contributed by atoms with Crippen molar-refractivity contribution < 1.29 is 13.2 Å². The van der Waals surface area contributed by atoms with Crippen LogP contribution in [0.3, 0.4) is 0 Å². The fraction of sp³-hybridized carbons (Fsp3) is 0.565. The van der Waals surface area contributed by atoms with Crippen molar-refractivity contribution >= 4 is 33.2 Å². The van der Waals surface area contributed by atoms with E-state index in [-0.39, 0.29) is 16.5 Å². The van der Waals surface area contributed by atoms with Crippen LogP contribution in [-0.2, 0) is 16.6 Å². The Labute approximate surface area is 206 Å². The van der Waals surface area contributed by atoms with Gasteiger partial charge in [0.1, 0.15) is 0 Å². The number of para-hydroxylation sites is 1. The molecule has 0 N–H and O–H groups in total. The lowest BCUT2D eigenvalue weighted by Gasteiger charge is -2.37. The van der Waals surface area contributed by atoms with Crippen molar-refractivity contribution in [2.24, 2.45) is 0 Å². The summed E-state index contributed by atoms with van der Waals surface area (Å²) < 4.78 is 30.2. The highest BCUT2D eigenvalue weighted by atomic mass is 35.5. The van der Waals surface area contributed by atoms with Gasteiger partial charge in [-0.25, -0.2) is 8.42 Å². The fourth-order valence-electron chi connectivity index (χ4n) is 4.51. The Balaban J connectivity index is 1.52. The molecule has 11 heteroatoms. The molecule has 0 radical (unpaired) electrons. The van der Waals surface area contributed by atoms with Crippen LogP contribution in [0.2, 0.25) is 5.02 Å². The maximum atomic E-state index is 13.6. The van der Waals surface area contributed by atoms with Crippen molar-refractivity contribution in [3.05, 3.63) is 41.0 Å². The number of hydrogen-bond donors (Lipinski definition) is 0. The smallest absolute Gasteiger partial charge is 0.263 e. The average molecular weight is 509 g/mol. The lowest BCUT2D eigenvalue weighted by Crippen LogP contribution is -2.51. The summed E-state index contributed by atoms with van der Waals surface area (Å²) in [6.07, 6.45) is 1.57. The number of piperazine rings is 2. The van der Waals surface area contributed by atoms with Crippen LogP contribution in [-0.4, -0.2) is 96.6 Å². The van der Waals surface area contributed by atoms with Gasteiger partial charge in [-0.2, -0.15) is 9.40 Å². The van der Waals surface area contributed by atoms with Gasteiger partial charge in [-0.15, -0.1) is 0 Å². The van der Waals surface area contributed by atoms with Crippen LogP contribution in [0.4, 0.5) is 5.69 Å². The number of aryl methyl sites for hydroxylation is 1. The Morgan fingerprint density at radius 1 is 1.03 bits per heavy atom. The number of hydrogen-bond acceptors (Lipinski definition) is 6. The molecule has 1 amide bonds. The van der Waals surface area contributed by atoms with E-state index in [4.69, 9.17) is 11.6 Å². The Kier molecular flexibility index (Phi) is 7.51. The van der Waals surface area contributed by atoms with Gasteiger partial charge in [0.05, 0.1) is 16.3 Å². The summed E-state index contributed by atoms with van der Waals surface area (Å²) in [4.78, 5) is 19.5. The maximum Gasteiger partial charge on any atom is 0.263 e. The molecule has 2 aromatic rings. The van der Waals surface area contributed by atoms with E-state index in [1.165, 1.54) is 8.99 Å². The van der Waals surface area contributed by atoms with Crippen molar-refractivity contribution in [3.8, 4) is 0 Å². The quantitative estimate of drug-likeness (QED) is 0.595. The number of rotatable bonds is 6. The molecule has 3 heterocycles. The average Bonchev–Trinajstić information content (AvgIpc) is 3.30. The monoisotopic (exact) mass is 508 g/mol. The highest BCUT2D eigenvalue weighted by Crippen LogP contribution is 2.28. The molecule has 4 rings (SSSR count). The predicted octanol–water partition coefficient (Wildman–Crippen LogP) is 2.23. The second-order valence-electron chi connectivity index (χ2n) is 8.97. The van der Waals surface area contributed by atoms with E-state index in [0.717, 1.165) is 18.8 Å². The zero-order valence-electron chi connectivity index (χ0n) is 20.0. The molecule has 0 atom stereocenters. The lowest BCUT2D eigenvalue weighted by atomic mass is 10.2. The number of sulfonamides is 1. The Morgan fingerprint density at radius 3 is 2.26 bits per heavy atom. The van der Waals surface area contributed by atoms with Gasteiger partial charge >= 0.3 is 0 Å². The Hall–Kier alpha value is -2.14. The second-order valence-corrected chi connectivity index (χ2v) is 11.2. The Morgan fingerprint density at radius 2 is 1.68 bits per heavy atom. The normalized spacial score (nSPS) is 18.6. The molecule has 0 unspecified atom stereocenters. The van der Waals surface area contributed by atoms with Gasteiger partial charge < -0.3 is 9.80 Å².